The number of pyridine rings is 1. The van der Waals surface area contributed by atoms with Gasteiger partial charge in [0.1, 0.15) is 34.1 Å². The first-order chi connectivity index (χ1) is 17.1. The summed E-state index contributed by atoms with van der Waals surface area (Å²) < 4.78 is 86.5. The second-order valence-corrected chi connectivity index (χ2v) is 8.85. The number of nitrogen functional groups attached to an aromatic ring is 1. The fourth-order valence-corrected chi connectivity index (χ4v) is 3.83. The van der Waals surface area contributed by atoms with E-state index in [1.807, 2.05) is 0 Å². The summed E-state index contributed by atoms with van der Waals surface area (Å²) in [5.41, 5.74) is 6.53. The van der Waals surface area contributed by atoms with Gasteiger partial charge in [0.2, 0.25) is 5.60 Å². The number of ketones is 1. The fourth-order valence-electron chi connectivity index (χ4n) is 3.83. The number of hydrogen-bond donors (Lipinski definition) is 2. The summed E-state index contributed by atoms with van der Waals surface area (Å²) >= 11 is 0. The Morgan fingerprint density at radius 1 is 1.16 bits per heavy atom. The average Bonchev–Trinajstić information content (AvgIpc) is 3.17. The average molecular weight is 529 g/mol. The number of Topliss-reactive ketones (excluding diaryl/α,β-unsaturated/α-hetero) is 1. The van der Waals surface area contributed by atoms with Crippen LogP contribution in [0.4, 0.5) is 32.2 Å². The minimum atomic E-state index is -4.86. The van der Waals surface area contributed by atoms with E-state index in [2.05, 4.69) is 19.9 Å². The number of rotatable bonds is 6. The lowest BCUT2D eigenvalue weighted by Gasteiger charge is -2.40. The molecule has 0 bridgehead atoms. The van der Waals surface area contributed by atoms with Crippen LogP contribution in [0.25, 0.3) is 11.2 Å². The van der Waals surface area contributed by atoms with Crippen LogP contribution in [-0.4, -0.2) is 55.9 Å². The molecule has 3 aromatic heterocycles. The van der Waals surface area contributed by atoms with Crippen LogP contribution < -0.4 is 11.5 Å². The summed E-state index contributed by atoms with van der Waals surface area (Å²) in [5, 5.41) is 0. The van der Waals surface area contributed by atoms with Crippen LogP contribution in [0.5, 0.6) is 0 Å². The number of carbonyl (C=O) groups excluding carboxylic acids is 1. The summed E-state index contributed by atoms with van der Waals surface area (Å²) in [5.74, 6) is -2.75. The molecule has 1 aliphatic rings. The SMILES string of the molecule is C[C@@]1(c2nc(CC(=O)c3nc4ccn(CC(F)F)c4nc3N)ccc2F)CO[C@@](C)(C(F)(F)F)C(N)=N1. The number of nitrogens with two attached hydrogens (primary N) is 2. The van der Waals surface area contributed by atoms with Crippen LogP contribution in [0.1, 0.15) is 35.7 Å². The van der Waals surface area contributed by atoms with Crippen molar-refractivity contribution >= 4 is 28.6 Å². The molecule has 1 aliphatic heterocycles. The number of aromatic nitrogens is 4. The predicted octanol–water partition coefficient (Wildman–Crippen LogP) is 3.16. The summed E-state index contributed by atoms with van der Waals surface area (Å²) in [4.78, 5) is 29.0. The largest absolute Gasteiger partial charge is 0.424 e. The number of nitrogens with zero attached hydrogens (tertiary/aromatic N) is 5. The topological polar surface area (TPSA) is 134 Å². The first kappa shape index (κ1) is 26.3. The predicted molar refractivity (Wildman–Crippen MR) is 120 cm³/mol. The molecule has 0 spiro atoms. The van der Waals surface area contributed by atoms with Crippen molar-refractivity contribution in [3.8, 4) is 0 Å². The number of fused-ring (bicyclic) bond motifs is 1. The highest BCUT2D eigenvalue weighted by Gasteiger charge is 2.59. The van der Waals surface area contributed by atoms with Crippen LogP contribution in [0.15, 0.2) is 29.4 Å². The first-order valence-corrected chi connectivity index (χ1v) is 10.8. The number of alkyl halides is 5. The second-order valence-electron chi connectivity index (χ2n) is 8.85. The molecular weight excluding hydrogens is 508 g/mol. The Morgan fingerprint density at radius 2 is 1.86 bits per heavy atom. The Hall–Kier alpha value is -3.75. The Morgan fingerprint density at radius 3 is 2.49 bits per heavy atom. The number of amidine groups is 1. The standard InChI is InChI=1S/C22H21F6N7O2/c1-20(9-37-21(2,19(30)34-20)22(26,27)28)16-11(23)4-3-10(31-16)7-13(36)15-17(29)33-18-12(32-15)5-6-35(18)8-14(24)25/h3-6,14H,7-9H2,1-2H3,(H2,29,33)(H2,30,34)/t20-,21+/m0/s1. The molecular formula is C22H21F6N7O2. The Labute approximate surface area is 205 Å². The molecule has 0 fully saturated rings. The van der Waals surface area contributed by atoms with Gasteiger partial charge in [-0.3, -0.25) is 14.8 Å². The zero-order valence-electron chi connectivity index (χ0n) is 19.5. The minimum absolute atomic E-state index is 0.0390. The van der Waals surface area contributed by atoms with Gasteiger partial charge >= 0.3 is 6.18 Å². The van der Waals surface area contributed by atoms with Crippen molar-refractivity contribution in [1.82, 2.24) is 19.5 Å². The molecule has 198 valence electrons. The molecule has 4 heterocycles. The van der Waals surface area contributed by atoms with Gasteiger partial charge in [0, 0.05) is 11.9 Å². The Balaban J connectivity index is 1.63. The van der Waals surface area contributed by atoms with Gasteiger partial charge in [0.25, 0.3) is 6.43 Å². The van der Waals surface area contributed by atoms with Crippen LogP contribution in [-0.2, 0) is 23.2 Å². The molecule has 0 amide bonds. The van der Waals surface area contributed by atoms with E-state index < -0.39 is 60.8 Å². The normalized spacial score (nSPS) is 22.5. The van der Waals surface area contributed by atoms with E-state index in [0.717, 1.165) is 10.6 Å². The van der Waals surface area contributed by atoms with Crippen molar-refractivity contribution in [1.29, 1.82) is 0 Å². The van der Waals surface area contributed by atoms with Crippen LogP contribution in [0, 0.1) is 5.82 Å². The van der Waals surface area contributed by atoms with Crippen molar-refractivity contribution < 1.29 is 35.9 Å². The molecule has 9 nitrogen and oxygen atoms in total. The first-order valence-electron chi connectivity index (χ1n) is 10.8. The van der Waals surface area contributed by atoms with Gasteiger partial charge in [0.15, 0.2) is 17.2 Å². The van der Waals surface area contributed by atoms with Gasteiger partial charge in [-0.1, -0.05) is 0 Å². The maximum absolute atomic E-state index is 14.7. The van der Waals surface area contributed by atoms with E-state index in [1.54, 1.807) is 0 Å². The highest BCUT2D eigenvalue weighted by molar-refractivity contribution is 6.00. The molecule has 2 atom stereocenters. The van der Waals surface area contributed by atoms with E-state index in [-0.39, 0.29) is 34.1 Å². The van der Waals surface area contributed by atoms with Gasteiger partial charge in [-0.15, -0.1) is 0 Å². The highest BCUT2D eigenvalue weighted by atomic mass is 19.4. The summed E-state index contributed by atoms with van der Waals surface area (Å²) in [6.07, 6.45) is -6.59. The summed E-state index contributed by atoms with van der Waals surface area (Å²) in [7, 11) is 0. The van der Waals surface area contributed by atoms with Crippen molar-refractivity contribution in [2.45, 2.75) is 50.6 Å². The highest BCUT2D eigenvalue weighted by Crippen LogP contribution is 2.40. The smallest absolute Gasteiger partial charge is 0.385 e. The number of carbonyl (C=O) groups is 1. The maximum Gasteiger partial charge on any atom is 0.424 e. The van der Waals surface area contributed by atoms with E-state index in [9.17, 15) is 31.1 Å². The molecule has 0 unspecified atom stereocenters. The Bertz CT molecular complexity index is 1410. The number of aliphatic imine (C=N–C) groups is 1. The zero-order valence-corrected chi connectivity index (χ0v) is 19.5. The molecule has 0 aliphatic carbocycles. The molecule has 4 rings (SSSR count). The van der Waals surface area contributed by atoms with Crippen LogP contribution >= 0.6 is 0 Å². The number of anilines is 1. The molecule has 15 heteroatoms. The zero-order chi connectivity index (χ0) is 27.3. The molecule has 0 saturated heterocycles. The third-order valence-corrected chi connectivity index (χ3v) is 6.01. The lowest BCUT2D eigenvalue weighted by atomic mass is 9.93. The summed E-state index contributed by atoms with van der Waals surface area (Å²) in [6, 6.07) is 3.59. The van der Waals surface area contributed by atoms with E-state index in [1.165, 1.54) is 25.3 Å². The van der Waals surface area contributed by atoms with Gasteiger partial charge in [-0.25, -0.2) is 23.1 Å². The van der Waals surface area contributed by atoms with Crippen molar-refractivity contribution in [2.24, 2.45) is 10.7 Å². The number of hydrogen-bond acceptors (Lipinski definition) is 8. The lowest BCUT2D eigenvalue weighted by Crippen LogP contribution is -2.60. The van der Waals surface area contributed by atoms with Crippen molar-refractivity contribution in [3.05, 3.63) is 47.3 Å². The van der Waals surface area contributed by atoms with E-state index in [0.29, 0.717) is 6.92 Å². The monoisotopic (exact) mass is 529 g/mol. The maximum atomic E-state index is 14.7. The summed E-state index contributed by atoms with van der Waals surface area (Å²) in [6.45, 7) is 0.697. The molecule has 0 radical (unpaired) electrons. The van der Waals surface area contributed by atoms with Crippen LogP contribution in [0.3, 0.4) is 0 Å². The quantitative estimate of drug-likeness (QED) is 0.370. The molecule has 4 N–H and O–H groups in total. The third-order valence-electron chi connectivity index (χ3n) is 6.01. The van der Waals surface area contributed by atoms with E-state index in [4.69, 9.17) is 16.2 Å². The van der Waals surface area contributed by atoms with E-state index >= 15 is 0 Å². The molecule has 37 heavy (non-hydrogen) atoms. The number of halogens is 6. The third kappa shape index (κ3) is 4.70. The lowest BCUT2D eigenvalue weighted by molar-refractivity contribution is -0.249. The van der Waals surface area contributed by atoms with Crippen LogP contribution in [0.2, 0.25) is 0 Å². The van der Waals surface area contributed by atoms with Gasteiger partial charge < -0.3 is 20.8 Å². The molecule has 0 aromatic carbocycles. The minimum Gasteiger partial charge on any atom is -0.385 e. The van der Waals surface area contributed by atoms with Gasteiger partial charge in [0.05, 0.1) is 19.6 Å². The fraction of sp³-hybridized carbons (Fsp3) is 0.409. The van der Waals surface area contributed by atoms with Gasteiger partial charge in [-0.2, -0.15) is 13.2 Å². The molecule has 0 saturated carbocycles. The van der Waals surface area contributed by atoms with Crippen molar-refractivity contribution in [3.63, 3.8) is 0 Å². The van der Waals surface area contributed by atoms with Gasteiger partial charge in [-0.05, 0) is 32.0 Å². The number of ether oxygens (including phenoxy) is 1. The Kier molecular flexibility index (Phi) is 6.38. The molecule has 3 aromatic rings. The van der Waals surface area contributed by atoms with Crippen molar-refractivity contribution in [2.75, 3.05) is 12.3 Å². The second kappa shape index (κ2) is 8.97.